The van der Waals surface area contributed by atoms with E-state index in [1.807, 2.05) is 37.3 Å². The molecule has 0 bridgehead atoms. The lowest BCUT2D eigenvalue weighted by atomic mass is 10.1. The van der Waals surface area contributed by atoms with E-state index in [4.69, 9.17) is 4.74 Å². The Morgan fingerprint density at radius 2 is 1.93 bits per heavy atom. The lowest BCUT2D eigenvalue weighted by Gasteiger charge is -2.17. The van der Waals surface area contributed by atoms with E-state index in [0.29, 0.717) is 17.0 Å². The standard InChI is InChI=1S/C18H21N5O4/c1-10(11-5-3-2-4-6-11)22-16-13-17(20-8-19-16)23(9-21-13)18-15(26)14(25)12(7-24)27-18/h2-6,8-10,12,14-15,18,24-26H,7H2,1H3,(H,19,20,22)/t10-,12-,14?,15?,18-/m1/s1. The van der Waals surface area contributed by atoms with Crippen LogP contribution in [0.5, 0.6) is 0 Å². The number of aromatic nitrogens is 4. The molecule has 2 aromatic heterocycles. The zero-order valence-electron chi connectivity index (χ0n) is 14.7. The van der Waals surface area contributed by atoms with Gasteiger partial charge in [-0.05, 0) is 12.5 Å². The van der Waals surface area contributed by atoms with E-state index < -0.39 is 31.1 Å². The highest BCUT2D eigenvalue weighted by Gasteiger charge is 2.44. The molecule has 9 nitrogen and oxygen atoms in total. The molecular weight excluding hydrogens is 350 g/mol. The molecule has 3 heterocycles. The average molecular weight is 371 g/mol. The van der Waals surface area contributed by atoms with Crippen LogP contribution in [0.2, 0.25) is 0 Å². The second-order valence-corrected chi connectivity index (χ2v) is 6.55. The first kappa shape index (κ1) is 17.8. The summed E-state index contributed by atoms with van der Waals surface area (Å²) in [4.78, 5) is 12.9. The molecule has 5 atom stereocenters. The third kappa shape index (κ3) is 3.15. The lowest BCUT2D eigenvalue weighted by Crippen LogP contribution is -2.33. The summed E-state index contributed by atoms with van der Waals surface area (Å²) in [5, 5.41) is 32.8. The van der Waals surface area contributed by atoms with Crippen LogP contribution in [0, 0.1) is 0 Å². The van der Waals surface area contributed by atoms with Gasteiger partial charge in [0.25, 0.3) is 0 Å². The number of aliphatic hydroxyl groups is 3. The zero-order valence-corrected chi connectivity index (χ0v) is 14.7. The molecule has 0 aliphatic carbocycles. The van der Waals surface area contributed by atoms with Crippen molar-refractivity contribution in [2.75, 3.05) is 11.9 Å². The first-order valence-corrected chi connectivity index (χ1v) is 8.71. The van der Waals surface area contributed by atoms with E-state index in [1.54, 1.807) is 4.57 Å². The predicted octanol–water partition coefficient (Wildman–Crippen LogP) is 0.611. The maximum Gasteiger partial charge on any atom is 0.167 e. The number of anilines is 1. The third-order valence-electron chi connectivity index (χ3n) is 4.80. The number of fused-ring (bicyclic) bond motifs is 1. The van der Waals surface area contributed by atoms with E-state index in [-0.39, 0.29) is 6.04 Å². The number of imidazole rings is 1. The maximum atomic E-state index is 10.3. The summed E-state index contributed by atoms with van der Waals surface area (Å²) in [7, 11) is 0. The topological polar surface area (TPSA) is 126 Å². The van der Waals surface area contributed by atoms with Crippen molar-refractivity contribution >= 4 is 17.0 Å². The molecule has 2 unspecified atom stereocenters. The Morgan fingerprint density at radius 1 is 1.15 bits per heavy atom. The Balaban J connectivity index is 1.64. The van der Waals surface area contributed by atoms with Gasteiger partial charge in [-0.1, -0.05) is 30.3 Å². The number of hydrogen-bond donors (Lipinski definition) is 4. The van der Waals surface area contributed by atoms with E-state index in [2.05, 4.69) is 20.3 Å². The minimum absolute atomic E-state index is 0.00311. The van der Waals surface area contributed by atoms with Gasteiger partial charge in [0, 0.05) is 0 Å². The Hall–Kier alpha value is -2.59. The van der Waals surface area contributed by atoms with Gasteiger partial charge >= 0.3 is 0 Å². The monoisotopic (exact) mass is 371 g/mol. The number of benzene rings is 1. The third-order valence-corrected chi connectivity index (χ3v) is 4.80. The van der Waals surface area contributed by atoms with Gasteiger partial charge in [0.1, 0.15) is 24.6 Å². The lowest BCUT2D eigenvalue weighted by molar-refractivity contribution is -0.0511. The van der Waals surface area contributed by atoms with Gasteiger partial charge in [-0.15, -0.1) is 0 Å². The molecule has 4 rings (SSSR count). The second-order valence-electron chi connectivity index (χ2n) is 6.55. The smallest absolute Gasteiger partial charge is 0.167 e. The number of aliphatic hydroxyl groups excluding tert-OH is 3. The van der Waals surface area contributed by atoms with E-state index in [9.17, 15) is 15.3 Å². The van der Waals surface area contributed by atoms with Crippen LogP contribution in [0.3, 0.4) is 0 Å². The summed E-state index contributed by atoms with van der Waals surface area (Å²) < 4.78 is 7.11. The van der Waals surface area contributed by atoms with Crippen molar-refractivity contribution in [1.29, 1.82) is 0 Å². The van der Waals surface area contributed by atoms with Crippen LogP contribution in [0.1, 0.15) is 24.8 Å². The molecule has 1 aromatic carbocycles. The molecule has 0 amide bonds. The Bertz CT molecular complexity index is 919. The molecule has 9 heteroatoms. The molecule has 0 radical (unpaired) electrons. The van der Waals surface area contributed by atoms with Crippen molar-refractivity contribution in [2.24, 2.45) is 0 Å². The van der Waals surface area contributed by atoms with Gasteiger partial charge in [-0.25, -0.2) is 15.0 Å². The quantitative estimate of drug-likeness (QED) is 0.514. The number of hydrogen-bond acceptors (Lipinski definition) is 8. The number of nitrogens with zero attached hydrogens (tertiary/aromatic N) is 4. The summed E-state index contributed by atoms with van der Waals surface area (Å²) >= 11 is 0. The van der Waals surface area contributed by atoms with Crippen LogP contribution >= 0.6 is 0 Å². The predicted molar refractivity (Wildman–Crippen MR) is 96.8 cm³/mol. The minimum atomic E-state index is -1.20. The molecule has 0 saturated carbocycles. The Morgan fingerprint density at radius 3 is 2.63 bits per heavy atom. The van der Waals surface area contributed by atoms with Crippen LogP contribution in [-0.4, -0.2) is 59.8 Å². The number of nitrogens with one attached hydrogen (secondary N) is 1. The first-order chi connectivity index (χ1) is 13.1. The first-order valence-electron chi connectivity index (χ1n) is 8.71. The average Bonchev–Trinajstić information content (AvgIpc) is 3.25. The van der Waals surface area contributed by atoms with E-state index in [1.165, 1.54) is 12.7 Å². The molecule has 4 N–H and O–H groups in total. The highest BCUT2D eigenvalue weighted by molar-refractivity contribution is 5.82. The summed E-state index contributed by atoms with van der Waals surface area (Å²) in [6.07, 6.45) is -1.25. The highest BCUT2D eigenvalue weighted by Crippen LogP contribution is 2.32. The van der Waals surface area contributed by atoms with Crippen molar-refractivity contribution in [3.05, 3.63) is 48.5 Å². The zero-order chi connectivity index (χ0) is 19.0. The summed E-state index contributed by atoms with van der Waals surface area (Å²) in [6, 6.07) is 9.95. The van der Waals surface area contributed by atoms with E-state index >= 15 is 0 Å². The molecule has 0 spiro atoms. The van der Waals surface area contributed by atoms with Crippen molar-refractivity contribution in [3.8, 4) is 0 Å². The van der Waals surface area contributed by atoms with E-state index in [0.717, 1.165) is 5.56 Å². The van der Waals surface area contributed by atoms with Crippen LogP contribution < -0.4 is 5.32 Å². The Kier molecular flexibility index (Phi) is 4.75. The van der Waals surface area contributed by atoms with Gasteiger partial charge in [0.2, 0.25) is 0 Å². The molecule has 3 aromatic rings. The van der Waals surface area contributed by atoms with Crippen LogP contribution in [0.15, 0.2) is 43.0 Å². The number of rotatable bonds is 5. The highest BCUT2D eigenvalue weighted by atomic mass is 16.6. The number of ether oxygens (including phenoxy) is 1. The summed E-state index contributed by atoms with van der Waals surface area (Å²) in [6.45, 7) is 1.63. The fourth-order valence-corrected chi connectivity index (χ4v) is 3.28. The fraction of sp³-hybridized carbons (Fsp3) is 0.389. The van der Waals surface area contributed by atoms with Gasteiger partial charge in [0.15, 0.2) is 23.2 Å². The van der Waals surface area contributed by atoms with Crippen LogP contribution in [0.25, 0.3) is 11.2 Å². The molecule has 27 heavy (non-hydrogen) atoms. The largest absolute Gasteiger partial charge is 0.394 e. The van der Waals surface area contributed by atoms with Crippen molar-refractivity contribution in [3.63, 3.8) is 0 Å². The second kappa shape index (κ2) is 7.20. The van der Waals surface area contributed by atoms with Crippen molar-refractivity contribution in [2.45, 2.75) is 37.5 Å². The maximum absolute atomic E-state index is 10.3. The normalized spacial score (nSPS) is 26.4. The SMILES string of the molecule is C[C@@H](Nc1ncnc2c1ncn2[C@@H]1O[C@H](CO)C(O)C1O)c1ccccc1. The van der Waals surface area contributed by atoms with Gasteiger partial charge in [0.05, 0.1) is 19.0 Å². The van der Waals surface area contributed by atoms with Crippen LogP contribution in [-0.2, 0) is 4.74 Å². The molecule has 1 fully saturated rings. The van der Waals surface area contributed by atoms with Gasteiger partial charge in [-0.3, -0.25) is 4.57 Å². The van der Waals surface area contributed by atoms with Crippen molar-refractivity contribution in [1.82, 2.24) is 19.5 Å². The Labute approximate surface area is 155 Å². The van der Waals surface area contributed by atoms with Gasteiger partial charge in [-0.2, -0.15) is 0 Å². The van der Waals surface area contributed by atoms with Crippen LogP contribution in [0.4, 0.5) is 5.82 Å². The van der Waals surface area contributed by atoms with Crippen molar-refractivity contribution < 1.29 is 20.1 Å². The minimum Gasteiger partial charge on any atom is -0.394 e. The fourth-order valence-electron chi connectivity index (χ4n) is 3.28. The summed E-state index contributed by atoms with van der Waals surface area (Å²) in [5.74, 6) is 0.557. The molecule has 1 saturated heterocycles. The molecule has 1 aliphatic heterocycles. The molecule has 142 valence electrons. The molecule has 1 aliphatic rings. The summed E-state index contributed by atoms with van der Waals surface area (Å²) in [5.41, 5.74) is 2.09. The van der Waals surface area contributed by atoms with Gasteiger partial charge < -0.3 is 25.4 Å². The molecular formula is C18H21N5O4.